The van der Waals surface area contributed by atoms with E-state index in [4.69, 9.17) is 0 Å². The van der Waals surface area contributed by atoms with Crippen molar-refractivity contribution in [3.05, 3.63) is 64.2 Å². The normalized spacial score (nSPS) is 12.2. The molecule has 0 aliphatic heterocycles. The van der Waals surface area contributed by atoms with Gasteiger partial charge >= 0.3 is 0 Å². The molecule has 2 heteroatoms. The molecule has 0 aromatic heterocycles. The third-order valence-corrected chi connectivity index (χ3v) is 4.21. The summed E-state index contributed by atoms with van der Waals surface area (Å²) in [5.41, 5.74) is 7.88. The Morgan fingerprint density at radius 1 is 0.900 bits per heavy atom. The fourth-order valence-electron chi connectivity index (χ4n) is 2.67. The predicted molar refractivity (Wildman–Crippen MR) is 87.5 cm³/mol. The summed E-state index contributed by atoms with van der Waals surface area (Å²) in [6.45, 7) is 6.58. The molecule has 0 amide bonds. The molecule has 0 aliphatic carbocycles. The highest BCUT2D eigenvalue weighted by Crippen LogP contribution is 2.29. The van der Waals surface area contributed by atoms with Gasteiger partial charge in [0.1, 0.15) is 0 Å². The van der Waals surface area contributed by atoms with E-state index in [-0.39, 0.29) is 6.04 Å². The van der Waals surface area contributed by atoms with Crippen molar-refractivity contribution in [1.82, 2.24) is 5.32 Å². The van der Waals surface area contributed by atoms with E-state index in [0.29, 0.717) is 0 Å². The Labute approximate surface area is 122 Å². The van der Waals surface area contributed by atoms with Crippen LogP contribution in [0.15, 0.2) is 36.4 Å². The molecule has 1 unspecified atom stereocenters. The average molecular weight is 268 g/mol. The van der Waals surface area contributed by atoms with E-state index in [1.54, 1.807) is 0 Å². The van der Waals surface area contributed by atoms with E-state index < -0.39 is 0 Å². The summed E-state index contributed by atoms with van der Waals surface area (Å²) in [6.07, 6.45) is 0. The molecular weight excluding hydrogens is 244 g/mol. The molecule has 0 saturated heterocycles. The third kappa shape index (κ3) is 2.70. The van der Waals surface area contributed by atoms with Gasteiger partial charge in [-0.25, -0.2) is 0 Å². The van der Waals surface area contributed by atoms with Crippen molar-refractivity contribution in [3.8, 4) is 0 Å². The standard InChI is InChI=1S/C18H24N2/c1-12-9-10-17(14(3)13(12)2)18(20-5)15-7-6-8-16(11-15)19-4/h6-11,18-20H,1-5H3. The first-order chi connectivity index (χ1) is 9.58. The quantitative estimate of drug-likeness (QED) is 0.877. The van der Waals surface area contributed by atoms with E-state index in [1.165, 1.54) is 27.8 Å². The number of anilines is 1. The minimum absolute atomic E-state index is 0.225. The van der Waals surface area contributed by atoms with Crippen molar-refractivity contribution in [2.45, 2.75) is 26.8 Å². The van der Waals surface area contributed by atoms with Gasteiger partial charge in [-0.15, -0.1) is 0 Å². The summed E-state index contributed by atoms with van der Waals surface area (Å²) in [4.78, 5) is 0. The van der Waals surface area contributed by atoms with Gasteiger partial charge in [0.05, 0.1) is 6.04 Å². The largest absolute Gasteiger partial charge is 0.388 e. The number of benzene rings is 2. The SMILES string of the molecule is CNc1cccc(C(NC)c2ccc(C)c(C)c2C)c1. The van der Waals surface area contributed by atoms with Crippen molar-refractivity contribution in [2.24, 2.45) is 0 Å². The Balaban J connectivity index is 2.49. The van der Waals surface area contributed by atoms with E-state index in [9.17, 15) is 0 Å². The van der Waals surface area contributed by atoms with Gasteiger partial charge in [-0.3, -0.25) is 0 Å². The molecular formula is C18H24N2. The molecule has 2 N–H and O–H groups in total. The zero-order chi connectivity index (χ0) is 14.7. The highest BCUT2D eigenvalue weighted by atomic mass is 14.9. The monoisotopic (exact) mass is 268 g/mol. The number of nitrogens with one attached hydrogen (secondary N) is 2. The van der Waals surface area contributed by atoms with E-state index >= 15 is 0 Å². The summed E-state index contributed by atoms with van der Waals surface area (Å²) in [6, 6.07) is 13.2. The van der Waals surface area contributed by atoms with Crippen LogP contribution >= 0.6 is 0 Å². The predicted octanol–water partition coefficient (Wildman–Crippen LogP) is 3.96. The molecule has 0 spiro atoms. The minimum atomic E-state index is 0.225. The van der Waals surface area contributed by atoms with E-state index in [2.05, 4.69) is 67.8 Å². The third-order valence-electron chi connectivity index (χ3n) is 4.21. The van der Waals surface area contributed by atoms with Crippen molar-refractivity contribution >= 4 is 5.69 Å². The highest BCUT2D eigenvalue weighted by Gasteiger charge is 2.16. The van der Waals surface area contributed by atoms with Gasteiger partial charge in [0.2, 0.25) is 0 Å². The zero-order valence-electron chi connectivity index (χ0n) is 13.0. The van der Waals surface area contributed by atoms with Gasteiger partial charge in [0, 0.05) is 12.7 Å². The average Bonchev–Trinajstić information content (AvgIpc) is 2.48. The van der Waals surface area contributed by atoms with Crippen molar-refractivity contribution in [3.63, 3.8) is 0 Å². The first-order valence-electron chi connectivity index (χ1n) is 7.10. The van der Waals surface area contributed by atoms with Crippen LogP contribution in [0.1, 0.15) is 33.9 Å². The van der Waals surface area contributed by atoms with Gasteiger partial charge in [0.15, 0.2) is 0 Å². The lowest BCUT2D eigenvalue weighted by molar-refractivity contribution is 0.686. The van der Waals surface area contributed by atoms with Crippen LogP contribution in [-0.4, -0.2) is 14.1 Å². The highest BCUT2D eigenvalue weighted by molar-refractivity contribution is 5.50. The van der Waals surface area contributed by atoms with Gasteiger partial charge in [0.25, 0.3) is 0 Å². The maximum atomic E-state index is 3.45. The van der Waals surface area contributed by atoms with Crippen molar-refractivity contribution in [1.29, 1.82) is 0 Å². The lowest BCUT2D eigenvalue weighted by atomic mass is 9.90. The van der Waals surface area contributed by atoms with Crippen LogP contribution in [0.4, 0.5) is 5.69 Å². The van der Waals surface area contributed by atoms with E-state index in [1.807, 2.05) is 14.1 Å². The molecule has 20 heavy (non-hydrogen) atoms. The number of hydrogen-bond acceptors (Lipinski definition) is 2. The number of rotatable bonds is 4. The molecule has 0 bridgehead atoms. The van der Waals surface area contributed by atoms with Crippen LogP contribution in [0.5, 0.6) is 0 Å². The van der Waals surface area contributed by atoms with Crippen molar-refractivity contribution in [2.75, 3.05) is 19.4 Å². The van der Waals surface area contributed by atoms with Gasteiger partial charge in [-0.2, -0.15) is 0 Å². The molecule has 0 radical (unpaired) electrons. The molecule has 2 rings (SSSR count). The summed E-state index contributed by atoms with van der Waals surface area (Å²) < 4.78 is 0. The molecule has 0 saturated carbocycles. The molecule has 0 aliphatic rings. The van der Waals surface area contributed by atoms with Crippen LogP contribution < -0.4 is 10.6 Å². The number of hydrogen-bond donors (Lipinski definition) is 2. The second kappa shape index (κ2) is 6.10. The number of aryl methyl sites for hydroxylation is 1. The molecule has 2 nitrogen and oxygen atoms in total. The first-order valence-corrected chi connectivity index (χ1v) is 7.10. The lowest BCUT2D eigenvalue weighted by Crippen LogP contribution is -2.19. The maximum Gasteiger partial charge on any atom is 0.0577 e. The molecule has 2 aromatic carbocycles. The maximum absolute atomic E-state index is 3.45. The summed E-state index contributed by atoms with van der Waals surface area (Å²) in [5.74, 6) is 0. The lowest BCUT2D eigenvalue weighted by Gasteiger charge is -2.22. The topological polar surface area (TPSA) is 24.1 Å². The summed E-state index contributed by atoms with van der Waals surface area (Å²) >= 11 is 0. The molecule has 106 valence electrons. The van der Waals surface area contributed by atoms with Crippen LogP contribution in [0.3, 0.4) is 0 Å². The molecule has 2 aromatic rings. The molecule has 0 heterocycles. The second-order valence-electron chi connectivity index (χ2n) is 5.32. The summed E-state index contributed by atoms with van der Waals surface area (Å²) in [5, 5.41) is 6.65. The minimum Gasteiger partial charge on any atom is -0.388 e. The van der Waals surface area contributed by atoms with Crippen molar-refractivity contribution < 1.29 is 0 Å². The van der Waals surface area contributed by atoms with Crippen LogP contribution in [0.25, 0.3) is 0 Å². The fourth-order valence-corrected chi connectivity index (χ4v) is 2.67. The van der Waals surface area contributed by atoms with Gasteiger partial charge < -0.3 is 10.6 Å². The smallest absolute Gasteiger partial charge is 0.0577 e. The Hall–Kier alpha value is -1.80. The second-order valence-corrected chi connectivity index (χ2v) is 5.32. The first kappa shape index (κ1) is 14.6. The Kier molecular flexibility index (Phi) is 4.46. The fraction of sp³-hybridized carbons (Fsp3) is 0.333. The van der Waals surface area contributed by atoms with E-state index in [0.717, 1.165) is 5.69 Å². The van der Waals surface area contributed by atoms with Crippen LogP contribution in [-0.2, 0) is 0 Å². The Morgan fingerprint density at radius 3 is 2.30 bits per heavy atom. The van der Waals surface area contributed by atoms with Gasteiger partial charge in [-0.05, 0) is 67.8 Å². The summed E-state index contributed by atoms with van der Waals surface area (Å²) in [7, 11) is 3.97. The Morgan fingerprint density at radius 2 is 1.65 bits per heavy atom. The van der Waals surface area contributed by atoms with Crippen LogP contribution in [0, 0.1) is 20.8 Å². The Bertz CT molecular complexity index is 602. The molecule has 1 atom stereocenters. The van der Waals surface area contributed by atoms with Gasteiger partial charge in [-0.1, -0.05) is 24.3 Å². The molecule has 0 fully saturated rings. The van der Waals surface area contributed by atoms with Crippen LogP contribution in [0.2, 0.25) is 0 Å². The zero-order valence-corrected chi connectivity index (χ0v) is 13.0.